The fourth-order valence-corrected chi connectivity index (χ4v) is 4.17. The Morgan fingerprint density at radius 2 is 1.96 bits per heavy atom. The Morgan fingerprint density at radius 1 is 1.22 bits per heavy atom. The van der Waals surface area contributed by atoms with Crippen molar-refractivity contribution in [3.63, 3.8) is 0 Å². The van der Waals surface area contributed by atoms with Crippen molar-refractivity contribution >= 4 is 23.3 Å². The van der Waals surface area contributed by atoms with E-state index in [2.05, 4.69) is 15.0 Å². The number of hydrogen-bond donors (Lipinski definition) is 0. The van der Waals surface area contributed by atoms with Crippen LogP contribution in [0.25, 0.3) is 0 Å². The number of aromatic nitrogens is 3. The fraction of sp³-hybridized carbons (Fsp3) is 0.526. The number of nitrogens with zero attached hydrogens (tertiary/aromatic N) is 5. The van der Waals surface area contributed by atoms with E-state index in [1.54, 1.807) is 10.9 Å². The highest BCUT2D eigenvalue weighted by Crippen LogP contribution is 2.32. The number of hydrogen-bond acceptors (Lipinski definition) is 5. The molecular weight excluding hydrogens is 366 g/mol. The second kappa shape index (κ2) is 7.13. The normalized spacial score (nSPS) is 22.7. The molecule has 0 radical (unpaired) electrons. The van der Waals surface area contributed by atoms with Crippen LogP contribution in [0.1, 0.15) is 41.7 Å². The molecule has 0 spiro atoms. The van der Waals surface area contributed by atoms with Crippen molar-refractivity contribution in [1.82, 2.24) is 19.7 Å². The second-order valence-electron chi connectivity index (χ2n) is 7.24. The number of rotatable bonds is 2. The summed E-state index contributed by atoms with van der Waals surface area (Å²) in [7, 11) is 1.88. The van der Waals surface area contributed by atoms with Crippen LogP contribution in [0, 0.1) is 0 Å². The van der Waals surface area contributed by atoms with Gasteiger partial charge in [0.15, 0.2) is 5.69 Å². The highest BCUT2D eigenvalue weighted by molar-refractivity contribution is 6.30. The molecule has 2 aromatic rings. The zero-order chi connectivity index (χ0) is 19.1. The van der Waals surface area contributed by atoms with E-state index in [9.17, 15) is 4.79 Å². The summed E-state index contributed by atoms with van der Waals surface area (Å²) in [5.74, 6) is 0.901. The Morgan fingerprint density at radius 3 is 2.63 bits per heavy atom. The van der Waals surface area contributed by atoms with Gasteiger partial charge in [-0.2, -0.15) is 5.10 Å². The smallest absolute Gasteiger partial charge is 0.274 e. The lowest BCUT2D eigenvalue weighted by Gasteiger charge is -2.35. The zero-order valence-electron chi connectivity index (χ0n) is 15.9. The van der Waals surface area contributed by atoms with E-state index in [1.165, 1.54) is 0 Å². The van der Waals surface area contributed by atoms with Crippen LogP contribution in [0.3, 0.4) is 0 Å². The van der Waals surface area contributed by atoms with Crippen LogP contribution in [-0.4, -0.2) is 57.9 Å². The molecule has 1 fully saturated rings. The largest absolute Gasteiger partial charge is 0.369 e. The van der Waals surface area contributed by atoms with Crippen LogP contribution in [0.2, 0.25) is 5.02 Å². The Hall–Kier alpha value is -2.12. The molecule has 144 valence electrons. The lowest BCUT2D eigenvalue weighted by molar-refractivity contribution is -0.00906. The van der Waals surface area contributed by atoms with Crippen molar-refractivity contribution in [3.8, 4) is 0 Å². The van der Waals surface area contributed by atoms with Gasteiger partial charge in [0, 0.05) is 51.4 Å². The number of aryl methyl sites for hydroxylation is 1. The first-order chi connectivity index (χ1) is 12.9. The van der Waals surface area contributed by atoms with E-state index in [4.69, 9.17) is 16.3 Å². The van der Waals surface area contributed by atoms with Gasteiger partial charge in [-0.05, 0) is 26.0 Å². The van der Waals surface area contributed by atoms with Crippen LogP contribution in [0.4, 0.5) is 5.82 Å². The number of carbonyl (C=O) groups excluding carboxylic acids is 1. The van der Waals surface area contributed by atoms with Crippen LogP contribution >= 0.6 is 11.6 Å². The van der Waals surface area contributed by atoms with Crippen molar-refractivity contribution < 1.29 is 9.53 Å². The van der Waals surface area contributed by atoms with E-state index < -0.39 is 0 Å². The summed E-state index contributed by atoms with van der Waals surface area (Å²) < 4.78 is 7.69. The van der Waals surface area contributed by atoms with Crippen LogP contribution in [-0.2, 0) is 18.2 Å². The lowest BCUT2D eigenvalue weighted by Crippen LogP contribution is -2.49. The molecule has 0 saturated carbocycles. The summed E-state index contributed by atoms with van der Waals surface area (Å²) in [4.78, 5) is 21.6. The monoisotopic (exact) mass is 389 g/mol. The van der Waals surface area contributed by atoms with Gasteiger partial charge in [0.2, 0.25) is 0 Å². The standard InChI is InChI=1S/C19H24ClN5O2/c1-12-10-15-17(22-23(3)18(15)13(2)27-12)19(26)25-8-6-24(7-9-25)16-5-4-14(20)11-21-16/h4-5,11-13H,6-10H2,1-3H3/t12-,13+/m1/s1. The van der Waals surface area contributed by atoms with Gasteiger partial charge in [-0.3, -0.25) is 9.48 Å². The van der Waals surface area contributed by atoms with Crippen molar-refractivity contribution in [2.45, 2.75) is 32.5 Å². The topological polar surface area (TPSA) is 63.5 Å². The van der Waals surface area contributed by atoms with Gasteiger partial charge in [-0.15, -0.1) is 0 Å². The molecule has 1 amide bonds. The molecule has 0 bridgehead atoms. The van der Waals surface area contributed by atoms with Gasteiger partial charge >= 0.3 is 0 Å². The molecular formula is C19H24ClN5O2. The highest BCUT2D eigenvalue weighted by Gasteiger charge is 2.33. The molecule has 4 rings (SSSR count). The Bertz CT molecular complexity index is 843. The van der Waals surface area contributed by atoms with Crippen LogP contribution in [0.5, 0.6) is 0 Å². The SMILES string of the molecule is C[C@@H]1Cc2c(C(=O)N3CCN(c4ccc(Cl)cn4)CC3)nn(C)c2[C@H](C)O1. The Kier molecular flexibility index (Phi) is 4.82. The highest BCUT2D eigenvalue weighted by atomic mass is 35.5. The van der Waals surface area contributed by atoms with E-state index in [-0.39, 0.29) is 18.1 Å². The quantitative estimate of drug-likeness (QED) is 0.789. The summed E-state index contributed by atoms with van der Waals surface area (Å²) in [6.07, 6.45) is 2.43. The summed E-state index contributed by atoms with van der Waals surface area (Å²) in [6, 6.07) is 3.75. The minimum Gasteiger partial charge on any atom is -0.369 e. The molecule has 0 N–H and O–H groups in total. The average molecular weight is 390 g/mol. The number of ether oxygens (including phenoxy) is 1. The number of halogens is 1. The number of piperazine rings is 1. The molecule has 4 heterocycles. The fourth-order valence-electron chi connectivity index (χ4n) is 4.05. The number of anilines is 1. The molecule has 2 aliphatic heterocycles. The molecule has 2 aromatic heterocycles. The van der Waals surface area contributed by atoms with Crippen LogP contribution < -0.4 is 4.90 Å². The molecule has 2 atom stereocenters. The van der Waals surface area contributed by atoms with Crippen molar-refractivity contribution in [2.75, 3.05) is 31.1 Å². The van der Waals surface area contributed by atoms with E-state index in [1.807, 2.05) is 37.9 Å². The number of carbonyl (C=O) groups is 1. The van der Waals surface area contributed by atoms with Gasteiger partial charge in [0.1, 0.15) is 5.82 Å². The van der Waals surface area contributed by atoms with Gasteiger partial charge < -0.3 is 14.5 Å². The maximum Gasteiger partial charge on any atom is 0.274 e. The summed E-state index contributed by atoms with van der Waals surface area (Å²) in [6.45, 7) is 6.84. The van der Waals surface area contributed by atoms with E-state index in [0.717, 1.165) is 36.6 Å². The first kappa shape index (κ1) is 18.3. The van der Waals surface area contributed by atoms with Crippen molar-refractivity contribution in [3.05, 3.63) is 40.3 Å². The number of fused-ring (bicyclic) bond motifs is 1. The van der Waals surface area contributed by atoms with E-state index >= 15 is 0 Å². The van der Waals surface area contributed by atoms with Gasteiger partial charge in [0.25, 0.3) is 5.91 Å². The third kappa shape index (κ3) is 3.41. The zero-order valence-corrected chi connectivity index (χ0v) is 16.6. The minimum atomic E-state index is -0.0457. The first-order valence-corrected chi connectivity index (χ1v) is 9.69. The number of amides is 1. The molecule has 0 unspecified atom stereocenters. The molecule has 0 aliphatic carbocycles. The Labute approximate surface area is 163 Å². The van der Waals surface area contributed by atoms with Crippen LogP contribution in [0.15, 0.2) is 18.3 Å². The summed E-state index contributed by atoms with van der Waals surface area (Å²) in [5, 5.41) is 5.17. The third-order valence-corrected chi connectivity index (χ3v) is 5.54. The molecule has 1 saturated heterocycles. The molecule has 7 nitrogen and oxygen atoms in total. The maximum absolute atomic E-state index is 13.1. The molecule has 8 heteroatoms. The molecule has 27 heavy (non-hydrogen) atoms. The van der Waals surface area contributed by atoms with E-state index in [0.29, 0.717) is 23.8 Å². The maximum atomic E-state index is 13.1. The third-order valence-electron chi connectivity index (χ3n) is 5.31. The van der Waals surface area contributed by atoms with Gasteiger partial charge in [-0.25, -0.2) is 4.98 Å². The average Bonchev–Trinajstić information content (AvgIpc) is 2.98. The number of pyridine rings is 1. The summed E-state index contributed by atoms with van der Waals surface area (Å²) in [5.41, 5.74) is 2.63. The van der Waals surface area contributed by atoms with Gasteiger partial charge in [0.05, 0.1) is 22.9 Å². The molecule has 2 aliphatic rings. The predicted octanol–water partition coefficient (Wildman–Crippen LogP) is 2.45. The van der Waals surface area contributed by atoms with Gasteiger partial charge in [-0.1, -0.05) is 11.6 Å². The second-order valence-corrected chi connectivity index (χ2v) is 7.68. The first-order valence-electron chi connectivity index (χ1n) is 9.31. The van der Waals surface area contributed by atoms with Crippen molar-refractivity contribution in [1.29, 1.82) is 0 Å². The summed E-state index contributed by atoms with van der Waals surface area (Å²) >= 11 is 5.91. The Balaban J connectivity index is 1.49. The molecule has 0 aromatic carbocycles. The minimum absolute atomic E-state index is 0.0110. The lowest BCUT2D eigenvalue weighted by atomic mass is 9.99. The predicted molar refractivity (Wildman–Crippen MR) is 103 cm³/mol. The van der Waals surface area contributed by atoms with Crippen molar-refractivity contribution in [2.24, 2.45) is 7.05 Å².